The monoisotopic (exact) mass is 334 g/mol. The maximum atomic E-state index is 12.0. The molecule has 2 aromatic rings. The van der Waals surface area contributed by atoms with E-state index in [2.05, 4.69) is 35.6 Å². The molecular weight excluding hydrogens is 312 g/mol. The fraction of sp³-hybridized carbons (Fsp3) is 0.389. The Morgan fingerprint density at radius 3 is 2.70 bits per heavy atom. The lowest BCUT2D eigenvalue weighted by molar-refractivity contribution is -0.131. The Morgan fingerprint density at radius 1 is 1.17 bits per heavy atom. The fourth-order valence-corrected chi connectivity index (χ4v) is 2.91. The number of carbonyl (C=O) groups excluding carboxylic acids is 1. The average Bonchev–Trinajstić information content (AvgIpc) is 3.04. The van der Waals surface area contributed by atoms with Crippen LogP contribution in [0.4, 0.5) is 0 Å². The van der Waals surface area contributed by atoms with Gasteiger partial charge in [-0.1, -0.05) is 42.5 Å². The standard InChI is InChI=1S/C18H22N2O2.ClH/c19-12-16-7-8-17(22-16)18(21)20-10-9-13-5-6-14-3-1-2-4-15(14)11-13;/h1-6,11,16-17H,7-10,12,19H2,(H,20,21);1H/t16-,17+;/m1./s1. The number of carbonyl (C=O) groups is 1. The first-order chi connectivity index (χ1) is 10.8. The molecule has 0 aromatic heterocycles. The first-order valence-electron chi connectivity index (χ1n) is 7.87. The van der Waals surface area contributed by atoms with Gasteiger partial charge in [0.1, 0.15) is 6.10 Å². The first kappa shape index (κ1) is 17.7. The smallest absolute Gasteiger partial charge is 0.249 e. The van der Waals surface area contributed by atoms with Gasteiger partial charge in [-0.05, 0) is 35.6 Å². The molecule has 4 nitrogen and oxygen atoms in total. The van der Waals surface area contributed by atoms with Gasteiger partial charge >= 0.3 is 0 Å². The van der Waals surface area contributed by atoms with E-state index in [0.717, 1.165) is 19.3 Å². The van der Waals surface area contributed by atoms with E-state index in [0.29, 0.717) is 13.1 Å². The number of fused-ring (bicyclic) bond motifs is 1. The van der Waals surface area contributed by atoms with Crippen molar-refractivity contribution in [2.24, 2.45) is 5.73 Å². The summed E-state index contributed by atoms with van der Waals surface area (Å²) < 4.78 is 5.60. The van der Waals surface area contributed by atoms with Gasteiger partial charge in [0.05, 0.1) is 6.10 Å². The van der Waals surface area contributed by atoms with Crippen molar-refractivity contribution >= 4 is 29.1 Å². The Bertz CT molecular complexity index is 662. The summed E-state index contributed by atoms with van der Waals surface area (Å²) in [7, 11) is 0. The highest BCUT2D eigenvalue weighted by Crippen LogP contribution is 2.19. The Kier molecular flexibility index (Phi) is 6.39. The van der Waals surface area contributed by atoms with Crippen LogP contribution in [0.15, 0.2) is 42.5 Å². The molecule has 2 atom stereocenters. The normalized spacial score (nSPS) is 20.2. The van der Waals surface area contributed by atoms with E-state index < -0.39 is 0 Å². The predicted octanol–water partition coefficient (Wildman–Crippen LogP) is 2.43. The molecule has 0 unspecified atom stereocenters. The number of amides is 1. The van der Waals surface area contributed by atoms with E-state index in [4.69, 9.17) is 10.5 Å². The van der Waals surface area contributed by atoms with Crippen LogP contribution in [0.5, 0.6) is 0 Å². The topological polar surface area (TPSA) is 64.4 Å². The molecule has 5 heteroatoms. The van der Waals surface area contributed by atoms with Crippen LogP contribution in [0.1, 0.15) is 18.4 Å². The SMILES string of the molecule is Cl.NC[C@H]1CC[C@@H](C(=O)NCCc2ccc3ccccc3c2)O1. The minimum absolute atomic E-state index is 0. The van der Waals surface area contributed by atoms with E-state index in [-0.39, 0.29) is 30.5 Å². The number of benzene rings is 2. The van der Waals surface area contributed by atoms with Crippen LogP contribution in [0.3, 0.4) is 0 Å². The van der Waals surface area contributed by atoms with Crippen molar-refractivity contribution in [3.05, 3.63) is 48.0 Å². The van der Waals surface area contributed by atoms with Crippen molar-refractivity contribution in [3.8, 4) is 0 Å². The molecule has 2 aromatic carbocycles. The second-order valence-corrected chi connectivity index (χ2v) is 5.78. The molecule has 1 fully saturated rings. The van der Waals surface area contributed by atoms with E-state index >= 15 is 0 Å². The van der Waals surface area contributed by atoms with Crippen LogP contribution in [0.2, 0.25) is 0 Å². The maximum Gasteiger partial charge on any atom is 0.249 e. The molecule has 0 spiro atoms. The zero-order valence-electron chi connectivity index (χ0n) is 13.0. The van der Waals surface area contributed by atoms with Crippen molar-refractivity contribution in [2.45, 2.75) is 31.5 Å². The molecule has 0 saturated carbocycles. The minimum Gasteiger partial charge on any atom is -0.364 e. The lowest BCUT2D eigenvalue weighted by atomic mass is 10.1. The Morgan fingerprint density at radius 2 is 1.96 bits per heavy atom. The van der Waals surface area contributed by atoms with Gasteiger partial charge < -0.3 is 15.8 Å². The Balaban J connectivity index is 0.00000192. The number of ether oxygens (including phenoxy) is 1. The van der Waals surface area contributed by atoms with E-state index in [9.17, 15) is 4.79 Å². The van der Waals surface area contributed by atoms with Crippen molar-refractivity contribution in [2.75, 3.05) is 13.1 Å². The zero-order chi connectivity index (χ0) is 15.4. The van der Waals surface area contributed by atoms with E-state index in [1.807, 2.05) is 12.1 Å². The summed E-state index contributed by atoms with van der Waals surface area (Å²) in [5, 5.41) is 5.43. The third-order valence-electron chi connectivity index (χ3n) is 4.19. The van der Waals surface area contributed by atoms with Crippen molar-refractivity contribution < 1.29 is 9.53 Å². The second kappa shape index (κ2) is 8.29. The fourth-order valence-electron chi connectivity index (χ4n) is 2.91. The Hall–Kier alpha value is -1.62. The highest BCUT2D eigenvalue weighted by molar-refractivity contribution is 5.85. The average molecular weight is 335 g/mol. The largest absolute Gasteiger partial charge is 0.364 e. The Labute approximate surface area is 142 Å². The molecule has 1 saturated heterocycles. The summed E-state index contributed by atoms with van der Waals surface area (Å²) in [4.78, 5) is 12.0. The van der Waals surface area contributed by atoms with Gasteiger partial charge in [0.15, 0.2) is 0 Å². The van der Waals surface area contributed by atoms with Crippen LogP contribution in [-0.4, -0.2) is 31.2 Å². The molecule has 0 radical (unpaired) electrons. The van der Waals surface area contributed by atoms with Gasteiger partial charge in [-0.3, -0.25) is 4.79 Å². The van der Waals surface area contributed by atoms with Gasteiger partial charge in [0.2, 0.25) is 5.91 Å². The molecule has 1 aliphatic rings. The summed E-state index contributed by atoms with van der Waals surface area (Å²) in [5.74, 6) is -0.0169. The number of hydrogen-bond acceptors (Lipinski definition) is 3. The zero-order valence-corrected chi connectivity index (χ0v) is 13.9. The van der Waals surface area contributed by atoms with Crippen LogP contribution < -0.4 is 11.1 Å². The maximum absolute atomic E-state index is 12.0. The lowest BCUT2D eigenvalue weighted by Gasteiger charge is -2.12. The summed E-state index contributed by atoms with van der Waals surface area (Å²) in [6.45, 7) is 1.12. The van der Waals surface area contributed by atoms with Crippen molar-refractivity contribution in [3.63, 3.8) is 0 Å². The van der Waals surface area contributed by atoms with Crippen LogP contribution >= 0.6 is 12.4 Å². The molecular formula is C18H23ClN2O2. The summed E-state index contributed by atoms with van der Waals surface area (Å²) in [6, 6.07) is 14.7. The first-order valence-corrected chi connectivity index (χ1v) is 7.87. The highest BCUT2D eigenvalue weighted by atomic mass is 35.5. The predicted molar refractivity (Wildman–Crippen MR) is 94.9 cm³/mol. The van der Waals surface area contributed by atoms with Gasteiger partial charge in [-0.25, -0.2) is 0 Å². The number of hydrogen-bond donors (Lipinski definition) is 2. The molecule has 124 valence electrons. The quantitative estimate of drug-likeness (QED) is 0.882. The number of nitrogens with two attached hydrogens (primary N) is 1. The summed E-state index contributed by atoms with van der Waals surface area (Å²) in [5.41, 5.74) is 6.79. The highest BCUT2D eigenvalue weighted by Gasteiger charge is 2.29. The van der Waals surface area contributed by atoms with E-state index in [1.165, 1.54) is 16.3 Å². The molecule has 1 amide bonds. The number of nitrogens with one attached hydrogen (secondary N) is 1. The summed E-state index contributed by atoms with van der Waals surface area (Å²) in [6.07, 6.45) is 2.17. The summed E-state index contributed by atoms with van der Waals surface area (Å²) >= 11 is 0. The molecule has 1 aliphatic heterocycles. The van der Waals surface area contributed by atoms with Crippen LogP contribution in [0, 0.1) is 0 Å². The lowest BCUT2D eigenvalue weighted by Crippen LogP contribution is -2.36. The van der Waals surface area contributed by atoms with Gasteiger partial charge in [-0.15, -0.1) is 12.4 Å². The van der Waals surface area contributed by atoms with Crippen LogP contribution in [-0.2, 0) is 16.0 Å². The van der Waals surface area contributed by atoms with Crippen LogP contribution in [0.25, 0.3) is 10.8 Å². The van der Waals surface area contributed by atoms with Gasteiger partial charge in [0.25, 0.3) is 0 Å². The minimum atomic E-state index is -0.329. The third-order valence-corrected chi connectivity index (χ3v) is 4.19. The van der Waals surface area contributed by atoms with Gasteiger partial charge in [0, 0.05) is 13.1 Å². The molecule has 3 N–H and O–H groups in total. The molecule has 3 rings (SSSR count). The molecule has 0 bridgehead atoms. The van der Waals surface area contributed by atoms with E-state index in [1.54, 1.807) is 0 Å². The van der Waals surface area contributed by atoms with Crippen molar-refractivity contribution in [1.82, 2.24) is 5.32 Å². The second-order valence-electron chi connectivity index (χ2n) is 5.78. The number of rotatable bonds is 5. The molecule has 23 heavy (non-hydrogen) atoms. The number of halogens is 1. The van der Waals surface area contributed by atoms with Crippen molar-refractivity contribution in [1.29, 1.82) is 0 Å². The van der Waals surface area contributed by atoms with Gasteiger partial charge in [-0.2, -0.15) is 0 Å². The third kappa shape index (κ3) is 4.44. The molecule has 1 heterocycles. The molecule has 0 aliphatic carbocycles.